The van der Waals surface area contributed by atoms with E-state index in [4.69, 9.17) is 33.5 Å². The van der Waals surface area contributed by atoms with Gasteiger partial charge in [0.2, 0.25) is 0 Å². The quantitative estimate of drug-likeness (QED) is 0.269. The number of carbonyl (C=O) groups excluding carboxylic acids is 1. The number of nitrogens with zero attached hydrogens (tertiary/aromatic N) is 3. The molecule has 176 valence electrons. The number of amides is 1. The van der Waals surface area contributed by atoms with Crippen molar-refractivity contribution in [3.8, 4) is 0 Å². The number of halogens is 1. The minimum absolute atomic E-state index is 0.262. The van der Waals surface area contributed by atoms with Gasteiger partial charge < -0.3 is 10.1 Å². The highest BCUT2D eigenvalue weighted by Crippen LogP contribution is 2.34. The number of methoxy groups -OCH3 is 1. The minimum Gasteiger partial charge on any atom is -0.385 e. The van der Waals surface area contributed by atoms with Crippen molar-refractivity contribution in [3.63, 3.8) is 0 Å². The van der Waals surface area contributed by atoms with Crippen molar-refractivity contribution in [2.45, 2.75) is 19.9 Å². The number of ether oxygens (including phenoxy) is 1. The lowest BCUT2D eigenvalue weighted by Gasteiger charge is -2.15. The van der Waals surface area contributed by atoms with Crippen LogP contribution >= 0.6 is 35.6 Å². The van der Waals surface area contributed by atoms with E-state index in [-0.39, 0.29) is 18.0 Å². The second-order valence-electron chi connectivity index (χ2n) is 7.70. The number of hydrogen-bond acceptors (Lipinski definition) is 7. The van der Waals surface area contributed by atoms with Crippen LogP contribution in [0.5, 0.6) is 0 Å². The van der Waals surface area contributed by atoms with Gasteiger partial charge in [0, 0.05) is 31.5 Å². The van der Waals surface area contributed by atoms with Crippen LogP contribution in [-0.2, 0) is 16.1 Å². The van der Waals surface area contributed by atoms with E-state index >= 15 is 0 Å². The Hall–Kier alpha value is -2.72. The normalized spacial score (nSPS) is 15.0. The molecule has 1 fully saturated rings. The molecule has 1 aromatic carbocycles. The van der Waals surface area contributed by atoms with Gasteiger partial charge >= 0.3 is 0 Å². The third-order valence-corrected chi connectivity index (χ3v) is 7.08. The molecule has 7 nitrogen and oxygen atoms in total. The van der Waals surface area contributed by atoms with E-state index in [9.17, 15) is 9.59 Å². The summed E-state index contributed by atoms with van der Waals surface area (Å²) in [7, 11) is 1.64. The van der Waals surface area contributed by atoms with Crippen LogP contribution in [-0.4, -0.2) is 44.8 Å². The van der Waals surface area contributed by atoms with Crippen LogP contribution in [0.2, 0.25) is 5.02 Å². The highest BCUT2D eigenvalue weighted by atomic mass is 35.5. The topological polar surface area (TPSA) is 75.9 Å². The molecule has 10 heteroatoms. The number of hydrogen-bond donors (Lipinski definition) is 1. The summed E-state index contributed by atoms with van der Waals surface area (Å²) in [5, 5.41) is 3.80. The molecule has 3 heterocycles. The maximum atomic E-state index is 13.4. The van der Waals surface area contributed by atoms with E-state index in [0.717, 1.165) is 29.3 Å². The van der Waals surface area contributed by atoms with Crippen LogP contribution < -0.4 is 10.9 Å². The molecule has 0 saturated carbocycles. The first kappa shape index (κ1) is 24.4. The first-order chi connectivity index (χ1) is 16.4. The highest BCUT2D eigenvalue weighted by Gasteiger charge is 2.33. The third kappa shape index (κ3) is 5.02. The maximum Gasteiger partial charge on any atom is 0.267 e. The van der Waals surface area contributed by atoms with Gasteiger partial charge in [0.15, 0.2) is 0 Å². The number of carbonyl (C=O) groups is 1. The van der Waals surface area contributed by atoms with Crippen molar-refractivity contribution in [2.75, 3.05) is 25.6 Å². The Morgan fingerprint density at radius 1 is 1.24 bits per heavy atom. The van der Waals surface area contributed by atoms with Gasteiger partial charge in [-0.25, -0.2) is 4.98 Å². The standard InChI is InChI=1S/C24H23ClN4O3S2/c1-15-7-5-11-28-21(15)27-20(26-10-6-12-32-2)17(22(28)30)13-19-23(31)29(24(33)34-19)14-16-8-3-4-9-18(16)25/h3-5,7-9,11,13,26H,6,10,12,14H2,1-2H3/b19-13+. The van der Waals surface area contributed by atoms with Crippen molar-refractivity contribution in [1.82, 2.24) is 14.3 Å². The Morgan fingerprint density at radius 3 is 2.79 bits per heavy atom. The summed E-state index contributed by atoms with van der Waals surface area (Å²) in [5.74, 6) is 0.153. The molecule has 0 radical (unpaired) electrons. The molecule has 0 spiro atoms. The van der Waals surface area contributed by atoms with Gasteiger partial charge in [-0.3, -0.25) is 18.9 Å². The fraction of sp³-hybridized carbons (Fsp3) is 0.250. The molecule has 0 atom stereocenters. The van der Waals surface area contributed by atoms with E-state index in [1.807, 2.05) is 31.2 Å². The Morgan fingerprint density at radius 2 is 2.03 bits per heavy atom. The zero-order chi connectivity index (χ0) is 24.2. The number of benzene rings is 1. The second-order valence-corrected chi connectivity index (χ2v) is 9.78. The number of pyridine rings is 1. The molecule has 1 N–H and O–H groups in total. The lowest BCUT2D eigenvalue weighted by atomic mass is 10.2. The summed E-state index contributed by atoms with van der Waals surface area (Å²) in [4.78, 5) is 33.2. The van der Waals surface area contributed by atoms with E-state index in [0.29, 0.717) is 44.4 Å². The Bertz CT molecular complexity index is 1360. The van der Waals surface area contributed by atoms with Crippen LogP contribution in [0.1, 0.15) is 23.1 Å². The average molecular weight is 515 g/mol. The SMILES string of the molecule is COCCCNc1nc2c(C)cccn2c(=O)c1/C=C1/SC(=S)N(Cc2ccccc2Cl)C1=O. The maximum absolute atomic E-state index is 13.4. The smallest absolute Gasteiger partial charge is 0.267 e. The van der Waals surface area contributed by atoms with Crippen LogP contribution in [0, 0.1) is 6.92 Å². The van der Waals surface area contributed by atoms with Crippen molar-refractivity contribution < 1.29 is 9.53 Å². The fourth-order valence-electron chi connectivity index (χ4n) is 3.56. The van der Waals surface area contributed by atoms with Gasteiger partial charge in [0.05, 0.1) is 17.0 Å². The van der Waals surface area contributed by atoms with Gasteiger partial charge in [-0.2, -0.15) is 0 Å². The van der Waals surface area contributed by atoms with Gasteiger partial charge in [-0.15, -0.1) is 0 Å². The zero-order valence-corrected chi connectivity index (χ0v) is 21.1. The fourth-order valence-corrected chi connectivity index (χ4v) is 5.00. The van der Waals surface area contributed by atoms with E-state index in [2.05, 4.69) is 5.32 Å². The lowest BCUT2D eigenvalue weighted by Crippen LogP contribution is -2.27. The molecule has 34 heavy (non-hydrogen) atoms. The summed E-state index contributed by atoms with van der Waals surface area (Å²) >= 11 is 12.9. The Labute approximate surface area is 211 Å². The molecule has 1 saturated heterocycles. The van der Waals surface area contributed by atoms with Gasteiger partial charge in [0.1, 0.15) is 15.8 Å². The Balaban J connectivity index is 1.72. The second kappa shape index (κ2) is 10.7. The van der Waals surface area contributed by atoms with Crippen molar-refractivity contribution >= 4 is 63.3 Å². The summed E-state index contributed by atoms with van der Waals surface area (Å²) in [6.45, 7) is 3.30. The summed E-state index contributed by atoms with van der Waals surface area (Å²) < 4.78 is 7.01. The lowest BCUT2D eigenvalue weighted by molar-refractivity contribution is -0.122. The minimum atomic E-state index is -0.269. The molecular weight excluding hydrogens is 492 g/mol. The summed E-state index contributed by atoms with van der Waals surface area (Å²) in [6.07, 6.45) is 3.99. The molecule has 1 aliphatic rings. The van der Waals surface area contributed by atoms with Crippen LogP contribution in [0.15, 0.2) is 52.3 Å². The van der Waals surface area contributed by atoms with Crippen LogP contribution in [0.4, 0.5) is 5.82 Å². The van der Waals surface area contributed by atoms with Crippen molar-refractivity contribution in [2.24, 2.45) is 0 Å². The number of anilines is 1. The monoisotopic (exact) mass is 514 g/mol. The van der Waals surface area contributed by atoms with Crippen molar-refractivity contribution in [1.29, 1.82) is 0 Å². The predicted octanol–water partition coefficient (Wildman–Crippen LogP) is 4.51. The summed E-state index contributed by atoms with van der Waals surface area (Å²) in [6, 6.07) is 11.0. The largest absolute Gasteiger partial charge is 0.385 e. The predicted molar refractivity (Wildman–Crippen MR) is 141 cm³/mol. The van der Waals surface area contributed by atoms with Gasteiger partial charge in [-0.05, 0) is 42.7 Å². The first-order valence-corrected chi connectivity index (χ1v) is 12.2. The van der Waals surface area contributed by atoms with Gasteiger partial charge in [0.25, 0.3) is 11.5 Å². The van der Waals surface area contributed by atoms with Crippen LogP contribution in [0.3, 0.4) is 0 Å². The Kier molecular flexibility index (Phi) is 7.67. The molecule has 0 unspecified atom stereocenters. The number of thiocarbonyl (C=S) groups is 1. The molecule has 0 aliphatic carbocycles. The number of fused-ring (bicyclic) bond motifs is 1. The highest BCUT2D eigenvalue weighted by molar-refractivity contribution is 8.26. The molecule has 2 aromatic heterocycles. The zero-order valence-electron chi connectivity index (χ0n) is 18.7. The van der Waals surface area contributed by atoms with Crippen LogP contribution in [0.25, 0.3) is 11.7 Å². The third-order valence-electron chi connectivity index (χ3n) is 5.34. The molecule has 1 amide bonds. The molecule has 1 aliphatic heterocycles. The molecule has 3 aromatic rings. The first-order valence-electron chi connectivity index (χ1n) is 10.6. The van der Waals surface area contributed by atoms with Gasteiger partial charge in [-0.1, -0.05) is 59.8 Å². The van der Waals surface area contributed by atoms with E-state index in [1.165, 1.54) is 9.30 Å². The number of nitrogens with one attached hydrogen (secondary N) is 1. The number of thioether (sulfide) groups is 1. The molecule has 0 bridgehead atoms. The molecule has 4 rings (SSSR count). The average Bonchev–Trinajstić information content (AvgIpc) is 3.08. The van der Waals surface area contributed by atoms with Crippen molar-refractivity contribution in [3.05, 3.63) is 79.6 Å². The molecular formula is C24H23ClN4O3S2. The number of rotatable bonds is 8. The number of aryl methyl sites for hydroxylation is 1. The number of aromatic nitrogens is 2. The summed E-state index contributed by atoms with van der Waals surface area (Å²) in [5.41, 5.74) is 2.27. The van der Waals surface area contributed by atoms with E-state index < -0.39 is 0 Å². The van der Waals surface area contributed by atoms with E-state index in [1.54, 1.807) is 31.5 Å².